The third-order valence-electron chi connectivity index (χ3n) is 9.75. The smallest absolute Gasteiger partial charge is 0.184 e. The van der Waals surface area contributed by atoms with Crippen LogP contribution in [0.4, 0.5) is 11.4 Å². The van der Waals surface area contributed by atoms with Crippen molar-refractivity contribution in [1.82, 2.24) is 39.2 Å². The number of benzene rings is 2. The molecule has 15 heteroatoms. The van der Waals surface area contributed by atoms with E-state index in [1.54, 1.807) is 75.3 Å². The van der Waals surface area contributed by atoms with Crippen LogP contribution < -0.4 is 10.6 Å². The molecule has 0 amide bonds. The minimum Gasteiger partial charge on any atom is -0.389 e. The first-order valence-electron chi connectivity index (χ1n) is 19.8. The molecule has 1 saturated heterocycles. The van der Waals surface area contributed by atoms with Crippen molar-refractivity contribution in [1.29, 1.82) is 0 Å². The predicted molar refractivity (Wildman–Crippen MR) is 233 cm³/mol. The second-order valence-electron chi connectivity index (χ2n) is 15.9. The van der Waals surface area contributed by atoms with Crippen LogP contribution in [0.25, 0.3) is 56.3 Å². The Morgan fingerprint density at radius 1 is 0.639 bits per heavy atom. The van der Waals surface area contributed by atoms with Gasteiger partial charge in [-0.2, -0.15) is 10.2 Å². The van der Waals surface area contributed by atoms with Crippen molar-refractivity contribution >= 4 is 29.0 Å². The summed E-state index contributed by atoms with van der Waals surface area (Å²) in [5.41, 5.74) is 9.70. The van der Waals surface area contributed by atoms with Crippen LogP contribution >= 0.6 is 0 Å². The van der Waals surface area contributed by atoms with Gasteiger partial charge in [-0.25, -0.2) is 19.0 Å². The lowest BCUT2D eigenvalue weighted by atomic mass is 10.1. The number of anilines is 2. The third kappa shape index (κ3) is 9.61. The first-order valence-corrected chi connectivity index (χ1v) is 19.8. The number of aldehydes is 1. The van der Waals surface area contributed by atoms with Gasteiger partial charge in [0.25, 0.3) is 0 Å². The molecular formula is C46H46N10O5. The summed E-state index contributed by atoms with van der Waals surface area (Å²) in [6.07, 6.45) is 11.0. The van der Waals surface area contributed by atoms with Gasteiger partial charge in [0.05, 0.1) is 71.0 Å². The van der Waals surface area contributed by atoms with Crippen LogP contribution in [0, 0.1) is 0 Å². The summed E-state index contributed by atoms with van der Waals surface area (Å²) in [5.74, 6) is 0. The molecule has 310 valence electrons. The van der Waals surface area contributed by atoms with Crippen LogP contribution in [0.15, 0.2) is 122 Å². The van der Waals surface area contributed by atoms with Gasteiger partial charge in [-0.3, -0.25) is 14.8 Å². The molecule has 7 heterocycles. The highest BCUT2D eigenvalue weighted by Gasteiger charge is 2.21. The van der Waals surface area contributed by atoms with E-state index in [1.807, 2.05) is 83.5 Å². The van der Waals surface area contributed by atoms with Gasteiger partial charge < -0.3 is 30.3 Å². The molecule has 0 saturated carbocycles. The Hall–Kier alpha value is -6.91. The number of aliphatic hydroxyl groups is 2. The maximum absolute atomic E-state index is 11.0. The number of aromatic nitrogens is 8. The molecular weight excluding hydrogens is 773 g/mol. The van der Waals surface area contributed by atoms with Crippen molar-refractivity contribution in [3.05, 3.63) is 133 Å². The molecule has 2 aromatic carbocycles. The summed E-state index contributed by atoms with van der Waals surface area (Å²) in [7, 11) is 0. The van der Waals surface area contributed by atoms with Crippen molar-refractivity contribution in [2.75, 3.05) is 36.9 Å². The van der Waals surface area contributed by atoms with Crippen LogP contribution in [0.1, 0.15) is 49.9 Å². The molecule has 0 bridgehead atoms. The van der Waals surface area contributed by atoms with E-state index in [0.717, 1.165) is 68.3 Å². The quantitative estimate of drug-likeness (QED) is 0.0913. The van der Waals surface area contributed by atoms with Crippen molar-refractivity contribution in [3.8, 4) is 45.0 Å². The lowest BCUT2D eigenvalue weighted by Crippen LogP contribution is -2.29. The van der Waals surface area contributed by atoms with Gasteiger partial charge in [-0.1, -0.05) is 48.5 Å². The normalized spacial score (nSPS) is 13.3. The van der Waals surface area contributed by atoms with Gasteiger partial charge in [0.2, 0.25) is 0 Å². The summed E-state index contributed by atoms with van der Waals surface area (Å²) >= 11 is 0. The summed E-state index contributed by atoms with van der Waals surface area (Å²) in [5, 5.41) is 36.6. The van der Waals surface area contributed by atoms with Gasteiger partial charge in [0, 0.05) is 71.3 Å². The molecule has 0 spiro atoms. The highest BCUT2D eigenvalue weighted by molar-refractivity contribution is 5.80. The molecule has 0 atom stereocenters. The molecule has 4 N–H and O–H groups in total. The molecule has 61 heavy (non-hydrogen) atoms. The van der Waals surface area contributed by atoms with Crippen molar-refractivity contribution in [2.24, 2.45) is 0 Å². The lowest BCUT2D eigenvalue weighted by Gasteiger charge is -2.19. The van der Waals surface area contributed by atoms with Gasteiger partial charge in [0.1, 0.15) is 6.29 Å². The Bertz CT molecular complexity index is 2740. The number of carbonyl (C=O) groups is 1. The summed E-state index contributed by atoms with van der Waals surface area (Å²) in [4.78, 5) is 28.3. The van der Waals surface area contributed by atoms with Crippen molar-refractivity contribution in [2.45, 2.75) is 45.2 Å². The highest BCUT2D eigenvalue weighted by Crippen LogP contribution is 2.31. The maximum atomic E-state index is 11.0. The van der Waals surface area contributed by atoms with Gasteiger partial charge in [-0.15, -0.1) is 0 Å². The molecule has 1 fully saturated rings. The molecule has 1 aliphatic rings. The fraction of sp³-hybridized carbons (Fsp3) is 0.239. The topological polar surface area (TPSA) is 186 Å². The van der Waals surface area contributed by atoms with Crippen LogP contribution in [0.3, 0.4) is 0 Å². The Morgan fingerprint density at radius 2 is 1.07 bits per heavy atom. The fourth-order valence-corrected chi connectivity index (χ4v) is 6.64. The number of nitrogens with zero attached hydrogens (tertiary/aromatic N) is 8. The Balaban J connectivity index is 0.000000169. The molecule has 8 aromatic rings. The van der Waals surface area contributed by atoms with Crippen LogP contribution in [-0.2, 0) is 9.47 Å². The number of fused-ring (bicyclic) bond motifs is 2. The highest BCUT2D eigenvalue weighted by atomic mass is 16.7. The van der Waals surface area contributed by atoms with E-state index in [2.05, 4.69) is 30.6 Å². The number of imidazole rings is 2. The first-order chi connectivity index (χ1) is 29.4. The molecule has 6 aromatic heterocycles. The Kier molecular flexibility index (Phi) is 11.6. The number of ether oxygens (including phenoxy) is 2. The SMILES string of the molecule is CC(C)(O)CNc1cc(-c2ccncc2)nn2c(-c3ccc(C4OCCO4)cc3)cnc12.CC(C)(O)CNc1cc(-c2ccncc2)nn2c(-c3ccc(C=O)cc3)cnc12. The largest absolute Gasteiger partial charge is 0.389 e. The molecule has 0 radical (unpaired) electrons. The van der Waals surface area contributed by atoms with Crippen LogP contribution in [-0.4, -0.2) is 93.2 Å². The second-order valence-corrected chi connectivity index (χ2v) is 15.9. The zero-order chi connectivity index (χ0) is 42.6. The monoisotopic (exact) mass is 818 g/mol. The molecule has 9 rings (SSSR count). The van der Waals surface area contributed by atoms with E-state index >= 15 is 0 Å². The number of hydrogen-bond donors (Lipinski definition) is 4. The Labute approximate surface area is 352 Å². The fourth-order valence-electron chi connectivity index (χ4n) is 6.64. The van der Waals surface area contributed by atoms with Gasteiger partial charge in [0.15, 0.2) is 17.6 Å². The van der Waals surface area contributed by atoms with E-state index in [0.29, 0.717) is 43.2 Å². The second kappa shape index (κ2) is 17.4. The van der Waals surface area contributed by atoms with E-state index in [1.165, 1.54) is 0 Å². The summed E-state index contributed by atoms with van der Waals surface area (Å²) in [6, 6.07) is 26.8. The number of hydrogen-bond acceptors (Lipinski definition) is 13. The number of carbonyl (C=O) groups excluding carboxylic acids is 1. The number of pyridine rings is 2. The van der Waals surface area contributed by atoms with Gasteiger partial charge >= 0.3 is 0 Å². The summed E-state index contributed by atoms with van der Waals surface area (Å²) in [6.45, 7) is 8.97. The van der Waals surface area contributed by atoms with Gasteiger partial charge in [-0.05, 0) is 64.1 Å². The number of rotatable bonds is 12. The minimum absolute atomic E-state index is 0.305. The standard InChI is InChI=1S/C24H25N5O3.C22H21N5O2/c1-24(2,30)15-27-20-13-19(16-7-9-25-10-8-16)28-29-21(14-26-22(20)29)17-3-5-18(6-4-17)23-31-11-12-32-23;1-22(2,29)14-25-19-11-18(16-7-9-23-10-8-16)26-27-20(12-24-21(19)27)17-5-3-15(13-28)4-6-17/h3-10,13-14,23,27,30H,11-12,15H2,1-2H3;3-13,25,29H,14H2,1-2H3. The predicted octanol–water partition coefficient (Wildman–Crippen LogP) is 7.14. The summed E-state index contributed by atoms with van der Waals surface area (Å²) < 4.78 is 14.8. The van der Waals surface area contributed by atoms with E-state index in [4.69, 9.17) is 19.7 Å². The van der Waals surface area contributed by atoms with Crippen LogP contribution in [0.5, 0.6) is 0 Å². The van der Waals surface area contributed by atoms with Crippen LogP contribution in [0.2, 0.25) is 0 Å². The zero-order valence-electron chi connectivity index (χ0n) is 34.2. The number of nitrogens with one attached hydrogen (secondary N) is 2. The van der Waals surface area contributed by atoms with E-state index in [9.17, 15) is 15.0 Å². The maximum Gasteiger partial charge on any atom is 0.184 e. The molecule has 15 nitrogen and oxygen atoms in total. The van der Waals surface area contributed by atoms with Crippen molar-refractivity contribution in [3.63, 3.8) is 0 Å². The molecule has 0 unspecified atom stereocenters. The van der Waals surface area contributed by atoms with E-state index in [-0.39, 0.29) is 6.29 Å². The third-order valence-corrected chi connectivity index (χ3v) is 9.75. The van der Waals surface area contributed by atoms with E-state index < -0.39 is 11.2 Å². The lowest BCUT2D eigenvalue weighted by molar-refractivity contribution is -0.0441. The van der Waals surface area contributed by atoms with Crippen molar-refractivity contribution < 1.29 is 24.5 Å². The zero-order valence-corrected chi connectivity index (χ0v) is 34.2. The first kappa shape index (κ1) is 40.9. The average molecular weight is 819 g/mol. The average Bonchev–Trinajstić information content (AvgIpc) is 4.06. The minimum atomic E-state index is -0.878. The molecule has 1 aliphatic heterocycles. The molecule has 0 aliphatic carbocycles. The Morgan fingerprint density at radius 3 is 1.48 bits per heavy atom.